The number of aromatic nitrogens is 2. The highest BCUT2D eigenvalue weighted by molar-refractivity contribution is 7.99. The molecule has 4 rings (SSSR count). The predicted molar refractivity (Wildman–Crippen MR) is 127 cm³/mol. The maximum Gasteiger partial charge on any atom is 0.228 e. The van der Waals surface area contributed by atoms with Crippen LogP contribution in [0.3, 0.4) is 0 Å². The molecule has 1 amide bonds. The first-order chi connectivity index (χ1) is 14.5. The first kappa shape index (κ1) is 20.6. The number of thiazole rings is 1. The van der Waals surface area contributed by atoms with E-state index in [4.69, 9.17) is 0 Å². The summed E-state index contributed by atoms with van der Waals surface area (Å²) >= 11 is 3.40. The standard InChI is InChI=1S/C24H23N3OS2/c1-15(2)29-19-9-6-17(7-10-19)14-22(28)26-20-11-8-18(13-16(20)3)23-27-21-5-4-12-25-24(21)30-23/h4-13,15H,14H2,1-3H3,(H,26,28). The number of amides is 1. The van der Waals surface area contributed by atoms with Gasteiger partial charge in [-0.15, -0.1) is 11.8 Å². The van der Waals surface area contributed by atoms with Crippen LogP contribution >= 0.6 is 23.1 Å². The number of hydrogen-bond donors (Lipinski definition) is 1. The molecular formula is C24H23N3OS2. The molecule has 152 valence electrons. The van der Waals surface area contributed by atoms with Crippen molar-refractivity contribution < 1.29 is 4.79 Å². The Hall–Kier alpha value is -2.70. The highest BCUT2D eigenvalue weighted by Crippen LogP contribution is 2.31. The summed E-state index contributed by atoms with van der Waals surface area (Å²) in [6.07, 6.45) is 2.14. The summed E-state index contributed by atoms with van der Waals surface area (Å²) in [6.45, 7) is 6.35. The van der Waals surface area contributed by atoms with Gasteiger partial charge >= 0.3 is 0 Å². The molecule has 0 saturated carbocycles. The predicted octanol–water partition coefficient (Wildman–Crippen LogP) is 6.35. The smallest absolute Gasteiger partial charge is 0.228 e. The van der Waals surface area contributed by atoms with E-state index in [0.717, 1.165) is 37.7 Å². The van der Waals surface area contributed by atoms with Crippen molar-refractivity contribution in [1.29, 1.82) is 0 Å². The van der Waals surface area contributed by atoms with Crippen LogP contribution < -0.4 is 5.32 Å². The number of anilines is 1. The second-order valence-corrected chi connectivity index (χ2v) is 10.0. The van der Waals surface area contributed by atoms with Gasteiger partial charge in [0.15, 0.2) is 0 Å². The number of aryl methyl sites for hydroxylation is 1. The van der Waals surface area contributed by atoms with Crippen molar-refractivity contribution >= 4 is 45.0 Å². The topological polar surface area (TPSA) is 54.9 Å². The van der Waals surface area contributed by atoms with Gasteiger partial charge in [-0.25, -0.2) is 9.97 Å². The molecule has 4 aromatic rings. The Morgan fingerprint density at radius 2 is 1.93 bits per heavy atom. The van der Waals surface area contributed by atoms with E-state index in [2.05, 4.69) is 47.3 Å². The zero-order chi connectivity index (χ0) is 21.1. The largest absolute Gasteiger partial charge is 0.326 e. The first-order valence-corrected chi connectivity index (χ1v) is 11.6. The molecular weight excluding hydrogens is 410 g/mol. The van der Waals surface area contributed by atoms with Crippen molar-refractivity contribution in [2.75, 3.05) is 5.32 Å². The van der Waals surface area contributed by atoms with Crippen molar-refractivity contribution in [2.45, 2.75) is 37.3 Å². The van der Waals surface area contributed by atoms with Gasteiger partial charge in [0.25, 0.3) is 0 Å². The third-order valence-corrected chi connectivity index (χ3v) is 6.62. The van der Waals surface area contributed by atoms with Crippen molar-refractivity contribution in [3.63, 3.8) is 0 Å². The lowest BCUT2D eigenvalue weighted by molar-refractivity contribution is -0.115. The minimum Gasteiger partial charge on any atom is -0.326 e. The molecule has 0 aliphatic heterocycles. The van der Waals surface area contributed by atoms with Gasteiger partial charge in [-0.2, -0.15) is 0 Å². The fraction of sp³-hybridized carbons (Fsp3) is 0.208. The Morgan fingerprint density at radius 1 is 1.13 bits per heavy atom. The van der Waals surface area contributed by atoms with Crippen LogP contribution in [0.1, 0.15) is 25.0 Å². The zero-order valence-electron chi connectivity index (χ0n) is 17.2. The Morgan fingerprint density at radius 3 is 2.63 bits per heavy atom. The number of carbonyl (C=O) groups excluding carboxylic acids is 1. The number of benzene rings is 2. The zero-order valence-corrected chi connectivity index (χ0v) is 18.8. The lowest BCUT2D eigenvalue weighted by Gasteiger charge is -2.10. The van der Waals surface area contributed by atoms with E-state index in [0.29, 0.717) is 11.7 Å². The van der Waals surface area contributed by atoms with Gasteiger partial charge in [0.2, 0.25) is 5.91 Å². The van der Waals surface area contributed by atoms with E-state index in [1.807, 2.05) is 55.1 Å². The fourth-order valence-electron chi connectivity index (χ4n) is 3.17. The van der Waals surface area contributed by atoms with E-state index < -0.39 is 0 Å². The number of carbonyl (C=O) groups is 1. The van der Waals surface area contributed by atoms with E-state index >= 15 is 0 Å². The number of nitrogens with zero attached hydrogens (tertiary/aromatic N) is 2. The number of nitrogens with one attached hydrogen (secondary N) is 1. The molecule has 0 unspecified atom stereocenters. The van der Waals surface area contributed by atoms with Gasteiger partial charge in [-0.3, -0.25) is 4.79 Å². The third-order valence-electron chi connectivity index (χ3n) is 4.57. The fourth-order valence-corrected chi connectivity index (χ4v) is 4.91. The van der Waals surface area contributed by atoms with E-state index in [-0.39, 0.29) is 5.91 Å². The lowest BCUT2D eigenvalue weighted by Crippen LogP contribution is -2.15. The van der Waals surface area contributed by atoms with Gasteiger partial charge in [0, 0.05) is 27.6 Å². The molecule has 0 bridgehead atoms. The molecule has 0 radical (unpaired) electrons. The summed E-state index contributed by atoms with van der Waals surface area (Å²) in [7, 11) is 0. The van der Waals surface area contributed by atoms with Crippen molar-refractivity contribution in [2.24, 2.45) is 0 Å². The molecule has 2 aromatic carbocycles. The Balaban J connectivity index is 1.43. The van der Waals surface area contributed by atoms with E-state index in [1.165, 1.54) is 4.90 Å². The summed E-state index contributed by atoms with van der Waals surface area (Å²) in [5.74, 6) is -0.0145. The Bertz CT molecular complexity index is 1150. The normalized spacial score (nSPS) is 11.2. The number of pyridine rings is 1. The minimum absolute atomic E-state index is 0.0145. The van der Waals surface area contributed by atoms with Gasteiger partial charge in [0.1, 0.15) is 15.4 Å². The highest BCUT2D eigenvalue weighted by atomic mass is 32.2. The van der Waals surface area contributed by atoms with Crippen LogP contribution in [0.2, 0.25) is 0 Å². The van der Waals surface area contributed by atoms with Crippen LogP contribution in [0.25, 0.3) is 20.9 Å². The Labute approximate surface area is 184 Å². The van der Waals surface area contributed by atoms with Crippen molar-refractivity contribution in [3.8, 4) is 10.6 Å². The molecule has 0 atom stereocenters. The molecule has 0 fully saturated rings. The van der Waals surface area contributed by atoms with Gasteiger partial charge in [0.05, 0.1) is 6.42 Å². The summed E-state index contributed by atoms with van der Waals surface area (Å²) < 4.78 is 0. The maximum absolute atomic E-state index is 12.5. The molecule has 4 nitrogen and oxygen atoms in total. The third kappa shape index (κ3) is 4.89. The summed E-state index contributed by atoms with van der Waals surface area (Å²) in [5, 5.41) is 4.52. The molecule has 1 N–H and O–H groups in total. The summed E-state index contributed by atoms with van der Waals surface area (Å²) in [6, 6.07) is 18.1. The van der Waals surface area contributed by atoms with Crippen LogP contribution in [-0.2, 0) is 11.2 Å². The number of rotatable bonds is 6. The summed E-state index contributed by atoms with van der Waals surface area (Å²) in [5.41, 5.74) is 4.79. The number of fused-ring (bicyclic) bond motifs is 1. The van der Waals surface area contributed by atoms with Crippen LogP contribution in [0, 0.1) is 6.92 Å². The first-order valence-electron chi connectivity index (χ1n) is 9.86. The van der Waals surface area contributed by atoms with Gasteiger partial charge in [-0.05, 0) is 60.5 Å². The van der Waals surface area contributed by atoms with Gasteiger partial charge in [-0.1, -0.05) is 37.3 Å². The van der Waals surface area contributed by atoms with E-state index in [9.17, 15) is 4.79 Å². The molecule has 2 aromatic heterocycles. The maximum atomic E-state index is 12.5. The molecule has 2 heterocycles. The van der Waals surface area contributed by atoms with Crippen LogP contribution in [0.15, 0.2) is 65.7 Å². The SMILES string of the molecule is Cc1cc(-c2nc3cccnc3s2)ccc1NC(=O)Cc1ccc(SC(C)C)cc1. The van der Waals surface area contributed by atoms with Crippen LogP contribution in [0.5, 0.6) is 0 Å². The second-order valence-electron chi connectivity index (χ2n) is 7.41. The van der Waals surface area contributed by atoms with Crippen LogP contribution in [-0.4, -0.2) is 21.1 Å². The van der Waals surface area contributed by atoms with Crippen molar-refractivity contribution in [1.82, 2.24) is 9.97 Å². The molecule has 0 saturated heterocycles. The monoisotopic (exact) mass is 433 g/mol. The van der Waals surface area contributed by atoms with Crippen molar-refractivity contribution in [3.05, 3.63) is 71.9 Å². The quantitative estimate of drug-likeness (QED) is 0.360. The Kier molecular flexibility index (Phi) is 6.16. The minimum atomic E-state index is -0.0145. The molecule has 0 aliphatic rings. The van der Waals surface area contributed by atoms with Gasteiger partial charge < -0.3 is 5.32 Å². The second kappa shape index (κ2) is 8.98. The number of hydrogen-bond acceptors (Lipinski definition) is 5. The molecule has 0 aliphatic carbocycles. The average molecular weight is 434 g/mol. The molecule has 0 spiro atoms. The highest BCUT2D eigenvalue weighted by Gasteiger charge is 2.11. The number of thioether (sulfide) groups is 1. The lowest BCUT2D eigenvalue weighted by atomic mass is 10.1. The average Bonchev–Trinajstić information content (AvgIpc) is 3.15. The summed E-state index contributed by atoms with van der Waals surface area (Å²) in [4.78, 5) is 23.7. The van der Waals surface area contributed by atoms with Crippen LogP contribution in [0.4, 0.5) is 5.69 Å². The molecule has 6 heteroatoms. The molecule has 30 heavy (non-hydrogen) atoms. The van der Waals surface area contributed by atoms with E-state index in [1.54, 1.807) is 17.5 Å².